The average Bonchev–Trinajstić information content (AvgIpc) is 2.85. The fourth-order valence-corrected chi connectivity index (χ4v) is 1.92. The van der Waals surface area contributed by atoms with Crippen LogP contribution < -0.4 is 0 Å². The number of aromatic hydroxyl groups is 1. The van der Waals surface area contributed by atoms with Crippen molar-refractivity contribution >= 4 is 11.0 Å². The zero-order valence-electron chi connectivity index (χ0n) is 10.1. The van der Waals surface area contributed by atoms with Crippen molar-refractivity contribution in [2.24, 2.45) is 0 Å². The van der Waals surface area contributed by atoms with Gasteiger partial charge in [0.15, 0.2) is 5.65 Å². The Morgan fingerprint density at radius 1 is 1.32 bits per heavy atom. The van der Waals surface area contributed by atoms with Crippen molar-refractivity contribution in [3.63, 3.8) is 0 Å². The minimum atomic E-state index is -0.106. The van der Waals surface area contributed by atoms with Crippen LogP contribution in [0.15, 0.2) is 30.7 Å². The molecule has 0 spiro atoms. The van der Waals surface area contributed by atoms with Gasteiger partial charge in [-0.3, -0.25) is 0 Å². The molecule has 0 saturated heterocycles. The van der Waals surface area contributed by atoms with Crippen LogP contribution >= 0.6 is 0 Å². The molecule has 0 bridgehead atoms. The molecule has 2 aromatic heterocycles. The maximum absolute atomic E-state index is 9.64. The Hall–Kier alpha value is -2.94. The predicted octanol–water partition coefficient (Wildman–Crippen LogP) is 1.70. The first-order chi connectivity index (χ1) is 9.20. The zero-order valence-corrected chi connectivity index (χ0v) is 10.1. The molecule has 0 amide bonds. The summed E-state index contributed by atoms with van der Waals surface area (Å²) in [5.74, 6) is -0.106. The number of nitriles is 1. The van der Waals surface area contributed by atoms with E-state index < -0.39 is 0 Å². The third kappa shape index (κ3) is 1.68. The van der Waals surface area contributed by atoms with Gasteiger partial charge in [0.05, 0.1) is 23.5 Å². The normalized spacial score (nSPS) is 10.5. The van der Waals surface area contributed by atoms with Crippen molar-refractivity contribution in [1.82, 2.24) is 19.7 Å². The first-order valence-corrected chi connectivity index (χ1v) is 5.59. The minimum absolute atomic E-state index is 0.106. The van der Waals surface area contributed by atoms with Gasteiger partial charge in [0, 0.05) is 0 Å². The molecule has 6 heteroatoms. The number of aromatic nitrogens is 4. The van der Waals surface area contributed by atoms with E-state index in [2.05, 4.69) is 21.1 Å². The van der Waals surface area contributed by atoms with Crippen LogP contribution in [0, 0.1) is 18.3 Å². The molecule has 0 fully saturated rings. The van der Waals surface area contributed by atoms with E-state index >= 15 is 0 Å². The molecule has 1 aromatic carbocycles. The number of rotatable bonds is 1. The van der Waals surface area contributed by atoms with Crippen LogP contribution in [0.5, 0.6) is 5.88 Å². The Morgan fingerprint density at radius 3 is 2.95 bits per heavy atom. The average molecular weight is 251 g/mol. The van der Waals surface area contributed by atoms with Crippen molar-refractivity contribution in [3.05, 3.63) is 41.9 Å². The molecule has 92 valence electrons. The zero-order chi connectivity index (χ0) is 13.4. The number of benzene rings is 1. The smallest absolute Gasteiger partial charge is 0.225 e. The molecule has 0 aliphatic heterocycles. The third-order valence-corrected chi connectivity index (χ3v) is 2.91. The van der Waals surface area contributed by atoms with Crippen molar-refractivity contribution in [1.29, 1.82) is 5.26 Å². The Morgan fingerprint density at radius 2 is 2.16 bits per heavy atom. The SMILES string of the molecule is Cc1ccc(C#N)cc1-n1ncc2c(O)ncnc21. The molecule has 0 radical (unpaired) electrons. The quantitative estimate of drug-likeness (QED) is 0.711. The summed E-state index contributed by atoms with van der Waals surface area (Å²) in [5, 5.41) is 23.3. The van der Waals surface area contributed by atoms with Gasteiger partial charge in [0.2, 0.25) is 5.88 Å². The second kappa shape index (κ2) is 4.07. The minimum Gasteiger partial charge on any atom is -0.493 e. The van der Waals surface area contributed by atoms with Gasteiger partial charge >= 0.3 is 0 Å². The molecular weight excluding hydrogens is 242 g/mol. The monoisotopic (exact) mass is 251 g/mol. The predicted molar refractivity (Wildman–Crippen MR) is 67.8 cm³/mol. The van der Waals surface area contributed by atoms with Gasteiger partial charge in [-0.25, -0.2) is 14.6 Å². The summed E-state index contributed by atoms with van der Waals surface area (Å²) in [4.78, 5) is 7.83. The maximum Gasteiger partial charge on any atom is 0.225 e. The van der Waals surface area contributed by atoms with Crippen LogP contribution in [-0.4, -0.2) is 24.9 Å². The first-order valence-electron chi connectivity index (χ1n) is 5.59. The van der Waals surface area contributed by atoms with Gasteiger partial charge in [-0.2, -0.15) is 10.4 Å². The van der Waals surface area contributed by atoms with Gasteiger partial charge in [0.1, 0.15) is 11.7 Å². The maximum atomic E-state index is 9.64. The van der Waals surface area contributed by atoms with E-state index in [1.54, 1.807) is 16.8 Å². The standard InChI is InChI=1S/C13H9N5O/c1-8-2-3-9(5-14)4-11(8)18-12-10(6-17-18)13(19)16-7-15-12/h2-4,6-7H,1H3,(H,15,16,19). The molecule has 19 heavy (non-hydrogen) atoms. The molecule has 0 aliphatic rings. The highest BCUT2D eigenvalue weighted by atomic mass is 16.3. The lowest BCUT2D eigenvalue weighted by Crippen LogP contribution is -2.00. The summed E-state index contributed by atoms with van der Waals surface area (Å²) in [6.07, 6.45) is 2.78. The van der Waals surface area contributed by atoms with E-state index in [4.69, 9.17) is 5.26 Å². The van der Waals surface area contributed by atoms with Crippen LogP contribution in [0.2, 0.25) is 0 Å². The molecule has 0 saturated carbocycles. The fraction of sp³-hybridized carbons (Fsp3) is 0.0769. The highest BCUT2D eigenvalue weighted by Gasteiger charge is 2.12. The van der Waals surface area contributed by atoms with Gasteiger partial charge in [-0.1, -0.05) is 6.07 Å². The summed E-state index contributed by atoms with van der Waals surface area (Å²) >= 11 is 0. The molecular formula is C13H9N5O. The van der Waals surface area contributed by atoms with Gasteiger partial charge < -0.3 is 5.11 Å². The van der Waals surface area contributed by atoms with Crippen molar-refractivity contribution in [2.75, 3.05) is 0 Å². The van der Waals surface area contributed by atoms with Crippen molar-refractivity contribution in [2.45, 2.75) is 6.92 Å². The molecule has 3 rings (SSSR count). The van der Waals surface area contributed by atoms with Crippen LogP contribution in [-0.2, 0) is 0 Å². The summed E-state index contributed by atoms with van der Waals surface area (Å²) < 4.78 is 1.59. The number of fused-ring (bicyclic) bond motifs is 1. The lowest BCUT2D eigenvalue weighted by Gasteiger charge is -2.07. The lowest BCUT2D eigenvalue weighted by atomic mass is 10.1. The van der Waals surface area contributed by atoms with Gasteiger partial charge in [-0.15, -0.1) is 0 Å². The van der Waals surface area contributed by atoms with Gasteiger partial charge in [0.25, 0.3) is 0 Å². The second-order valence-corrected chi connectivity index (χ2v) is 4.10. The Labute approximate surface area is 108 Å². The molecule has 1 N–H and O–H groups in total. The van der Waals surface area contributed by atoms with Crippen LogP contribution in [0.1, 0.15) is 11.1 Å². The summed E-state index contributed by atoms with van der Waals surface area (Å²) in [6.45, 7) is 1.92. The Bertz CT molecular complexity index is 816. The molecule has 0 aliphatic carbocycles. The van der Waals surface area contributed by atoms with Crippen molar-refractivity contribution < 1.29 is 5.11 Å². The van der Waals surface area contributed by atoms with E-state index in [9.17, 15) is 5.11 Å². The van der Waals surface area contributed by atoms with Crippen LogP contribution in [0.3, 0.4) is 0 Å². The van der Waals surface area contributed by atoms with E-state index in [-0.39, 0.29) is 5.88 Å². The Kier molecular flexibility index (Phi) is 2.39. The van der Waals surface area contributed by atoms with Crippen LogP contribution in [0.25, 0.3) is 16.7 Å². The van der Waals surface area contributed by atoms with E-state index in [0.717, 1.165) is 11.3 Å². The lowest BCUT2D eigenvalue weighted by molar-refractivity contribution is 0.459. The summed E-state index contributed by atoms with van der Waals surface area (Å²) in [7, 11) is 0. The molecule has 2 heterocycles. The molecule has 0 atom stereocenters. The number of aryl methyl sites for hydroxylation is 1. The fourth-order valence-electron chi connectivity index (χ4n) is 1.92. The first kappa shape index (κ1) is 11.2. The molecule has 0 unspecified atom stereocenters. The van der Waals surface area contributed by atoms with E-state index in [1.165, 1.54) is 12.5 Å². The largest absolute Gasteiger partial charge is 0.493 e. The van der Waals surface area contributed by atoms with Gasteiger partial charge in [-0.05, 0) is 24.6 Å². The number of hydrogen-bond acceptors (Lipinski definition) is 5. The highest BCUT2D eigenvalue weighted by molar-refractivity contribution is 5.81. The second-order valence-electron chi connectivity index (χ2n) is 4.10. The van der Waals surface area contributed by atoms with E-state index in [0.29, 0.717) is 16.6 Å². The van der Waals surface area contributed by atoms with Crippen LogP contribution in [0.4, 0.5) is 0 Å². The van der Waals surface area contributed by atoms with E-state index in [1.807, 2.05) is 13.0 Å². The number of nitrogens with zero attached hydrogens (tertiary/aromatic N) is 5. The topological polar surface area (TPSA) is 87.6 Å². The van der Waals surface area contributed by atoms with Crippen molar-refractivity contribution in [3.8, 4) is 17.6 Å². The highest BCUT2D eigenvalue weighted by Crippen LogP contribution is 2.24. The summed E-state index contributed by atoms with van der Waals surface area (Å²) in [6, 6.07) is 7.43. The summed E-state index contributed by atoms with van der Waals surface area (Å²) in [5.41, 5.74) is 2.77. The third-order valence-electron chi connectivity index (χ3n) is 2.91. The molecule has 6 nitrogen and oxygen atoms in total. The number of hydrogen-bond donors (Lipinski definition) is 1. The Balaban J connectivity index is 2.31. The molecule has 3 aromatic rings.